The van der Waals surface area contributed by atoms with Gasteiger partial charge in [0.2, 0.25) is 5.91 Å². The van der Waals surface area contributed by atoms with Crippen molar-refractivity contribution >= 4 is 5.91 Å². The quantitative estimate of drug-likeness (QED) is 0.774. The average Bonchev–Trinajstić information content (AvgIpc) is 2.62. The second-order valence-electron chi connectivity index (χ2n) is 5.22. The van der Waals surface area contributed by atoms with Crippen LogP contribution in [-0.2, 0) is 4.79 Å². The van der Waals surface area contributed by atoms with Crippen LogP contribution in [0.2, 0.25) is 0 Å². The highest BCUT2D eigenvalue weighted by Crippen LogP contribution is 2.09. The van der Waals surface area contributed by atoms with Crippen molar-refractivity contribution in [3.63, 3.8) is 0 Å². The third-order valence-electron chi connectivity index (χ3n) is 3.55. The first kappa shape index (κ1) is 14.5. The fourth-order valence-electron chi connectivity index (χ4n) is 2.31. The standard InChI is InChI=1S/C14H28N2O/c1-3-4-9-13(2)15-12-14(17)16-10-7-5-6-8-11-16/h13,15H,3-12H2,1-2H3. The molecule has 1 aliphatic rings. The lowest BCUT2D eigenvalue weighted by Crippen LogP contribution is -2.41. The summed E-state index contributed by atoms with van der Waals surface area (Å²) in [5.41, 5.74) is 0. The molecule has 1 unspecified atom stereocenters. The molecule has 0 aromatic carbocycles. The third-order valence-corrected chi connectivity index (χ3v) is 3.55. The van der Waals surface area contributed by atoms with Gasteiger partial charge < -0.3 is 10.2 Å². The molecule has 1 aliphatic heterocycles. The fraction of sp³-hybridized carbons (Fsp3) is 0.929. The van der Waals surface area contributed by atoms with Crippen molar-refractivity contribution in [1.82, 2.24) is 10.2 Å². The summed E-state index contributed by atoms with van der Waals surface area (Å²) >= 11 is 0. The Morgan fingerprint density at radius 3 is 2.47 bits per heavy atom. The molecular weight excluding hydrogens is 212 g/mol. The van der Waals surface area contributed by atoms with Crippen molar-refractivity contribution in [2.45, 2.75) is 64.8 Å². The molecule has 17 heavy (non-hydrogen) atoms. The van der Waals surface area contributed by atoms with E-state index < -0.39 is 0 Å². The molecule has 1 N–H and O–H groups in total. The maximum atomic E-state index is 12.0. The lowest BCUT2D eigenvalue weighted by molar-refractivity contribution is -0.130. The Bertz CT molecular complexity index is 210. The van der Waals surface area contributed by atoms with Gasteiger partial charge in [-0.15, -0.1) is 0 Å². The lowest BCUT2D eigenvalue weighted by Gasteiger charge is -2.22. The molecule has 1 amide bonds. The zero-order valence-corrected chi connectivity index (χ0v) is 11.5. The Balaban J connectivity index is 2.18. The molecule has 1 saturated heterocycles. The Kier molecular flexibility index (Phi) is 7.25. The topological polar surface area (TPSA) is 32.3 Å². The van der Waals surface area contributed by atoms with Gasteiger partial charge in [0, 0.05) is 19.1 Å². The SMILES string of the molecule is CCCCC(C)NCC(=O)N1CCCCCC1. The molecule has 3 nitrogen and oxygen atoms in total. The van der Waals surface area contributed by atoms with E-state index in [1.54, 1.807) is 0 Å². The van der Waals surface area contributed by atoms with Gasteiger partial charge in [-0.25, -0.2) is 0 Å². The summed E-state index contributed by atoms with van der Waals surface area (Å²) in [7, 11) is 0. The van der Waals surface area contributed by atoms with E-state index in [2.05, 4.69) is 19.2 Å². The smallest absolute Gasteiger partial charge is 0.236 e. The summed E-state index contributed by atoms with van der Waals surface area (Å²) in [5, 5.41) is 3.34. The normalized spacial score (nSPS) is 18.8. The Labute approximate surface area is 106 Å². The highest BCUT2D eigenvalue weighted by molar-refractivity contribution is 5.78. The molecule has 0 bridgehead atoms. The summed E-state index contributed by atoms with van der Waals surface area (Å²) < 4.78 is 0. The van der Waals surface area contributed by atoms with Gasteiger partial charge in [-0.1, -0.05) is 32.6 Å². The van der Waals surface area contributed by atoms with E-state index in [-0.39, 0.29) is 5.91 Å². The molecule has 0 spiro atoms. The predicted molar refractivity (Wildman–Crippen MR) is 72.0 cm³/mol. The summed E-state index contributed by atoms with van der Waals surface area (Å²) in [6.07, 6.45) is 8.56. The summed E-state index contributed by atoms with van der Waals surface area (Å²) in [5.74, 6) is 0.287. The van der Waals surface area contributed by atoms with Crippen LogP contribution in [0.4, 0.5) is 0 Å². The molecule has 1 atom stereocenters. The molecule has 100 valence electrons. The maximum Gasteiger partial charge on any atom is 0.236 e. The number of unbranched alkanes of at least 4 members (excludes halogenated alkanes) is 1. The molecule has 1 heterocycles. The van der Waals surface area contributed by atoms with Gasteiger partial charge in [-0.2, -0.15) is 0 Å². The van der Waals surface area contributed by atoms with Gasteiger partial charge in [0.1, 0.15) is 0 Å². The number of hydrogen-bond acceptors (Lipinski definition) is 2. The van der Waals surface area contributed by atoms with Gasteiger partial charge in [0.25, 0.3) is 0 Å². The van der Waals surface area contributed by atoms with Crippen LogP contribution in [0.5, 0.6) is 0 Å². The van der Waals surface area contributed by atoms with Gasteiger partial charge in [-0.3, -0.25) is 4.79 Å². The molecule has 0 aromatic rings. The zero-order valence-electron chi connectivity index (χ0n) is 11.5. The molecular formula is C14H28N2O. The van der Waals surface area contributed by atoms with E-state index in [4.69, 9.17) is 0 Å². The molecule has 1 rings (SSSR count). The number of carbonyl (C=O) groups excluding carboxylic acids is 1. The molecule has 0 saturated carbocycles. The average molecular weight is 240 g/mol. The number of nitrogens with zero attached hydrogens (tertiary/aromatic N) is 1. The van der Waals surface area contributed by atoms with Crippen LogP contribution >= 0.6 is 0 Å². The zero-order chi connectivity index (χ0) is 12.5. The molecule has 0 aromatic heterocycles. The fourth-order valence-corrected chi connectivity index (χ4v) is 2.31. The van der Waals surface area contributed by atoms with Crippen LogP contribution in [0, 0.1) is 0 Å². The summed E-state index contributed by atoms with van der Waals surface area (Å²) in [4.78, 5) is 14.0. The first-order valence-corrected chi connectivity index (χ1v) is 7.25. The maximum absolute atomic E-state index is 12.0. The highest BCUT2D eigenvalue weighted by atomic mass is 16.2. The summed E-state index contributed by atoms with van der Waals surface area (Å²) in [6.45, 7) is 6.82. The van der Waals surface area contributed by atoms with Crippen LogP contribution in [-0.4, -0.2) is 36.5 Å². The van der Waals surface area contributed by atoms with Gasteiger partial charge in [0.05, 0.1) is 6.54 Å². The predicted octanol–water partition coefficient (Wildman–Crippen LogP) is 2.56. The van der Waals surface area contributed by atoms with Crippen LogP contribution in [0.1, 0.15) is 58.8 Å². The van der Waals surface area contributed by atoms with Crippen molar-refractivity contribution < 1.29 is 4.79 Å². The number of likely N-dealkylation sites (tertiary alicyclic amines) is 1. The Morgan fingerprint density at radius 2 is 1.88 bits per heavy atom. The van der Waals surface area contributed by atoms with Gasteiger partial charge >= 0.3 is 0 Å². The second kappa shape index (κ2) is 8.51. The van der Waals surface area contributed by atoms with E-state index in [1.165, 1.54) is 44.9 Å². The largest absolute Gasteiger partial charge is 0.342 e. The molecule has 3 heteroatoms. The molecule has 1 fully saturated rings. The van der Waals surface area contributed by atoms with E-state index in [0.29, 0.717) is 12.6 Å². The highest BCUT2D eigenvalue weighted by Gasteiger charge is 2.15. The number of hydrogen-bond donors (Lipinski definition) is 1. The minimum atomic E-state index is 0.287. The van der Waals surface area contributed by atoms with Crippen molar-refractivity contribution in [1.29, 1.82) is 0 Å². The first-order chi connectivity index (χ1) is 8.24. The number of amides is 1. The van der Waals surface area contributed by atoms with Crippen LogP contribution in [0.25, 0.3) is 0 Å². The minimum absolute atomic E-state index is 0.287. The van der Waals surface area contributed by atoms with Gasteiger partial charge in [0.15, 0.2) is 0 Å². The second-order valence-corrected chi connectivity index (χ2v) is 5.22. The number of rotatable bonds is 6. The van der Waals surface area contributed by atoms with E-state index in [1.807, 2.05) is 4.90 Å². The van der Waals surface area contributed by atoms with Crippen molar-refractivity contribution in [3.8, 4) is 0 Å². The van der Waals surface area contributed by atoms with Gasteiger partial charge in [-0.05, 0) is 26.2 Å². The van der Waals surface area contributed by atoms with E-state index in [9.17, 15) is 4.79 Å². The van der Waals surface area contributed by atoms with Crippen molar-refractivity contribution in [3.05, 3.63) is 0 Å². The van der Waals surface area contributed by atoms with E-state index in [0.717, 1.165) is 13.1 Å². The Morgan fingerprint density at radius 1 is 1.24 bits per heavy atom. The molecule has 0 aliphatic carbocycles. The number of carbonyl (C=O) groups is 1. The van der Waals surface area contributed by atoms with Crippen molar-refractivity contribution in [2.75, 3.05) is 19.6 Å². The monoisotopic (exact) mass is 240 g/mol. The lowest BCUT2D eigenvalue weighted by atomic mass is 10.1. The van der Waals surface area contributed by atoms with E-state index >= 15 is 0 Å². The van der Waals surface area contributed by atoms with Crippen LogP contribution < -0.4 is 5.32 Å². The van der Waals surface area contributed by atoms with Crippen LogP contribution in [0.3, 0.4) is 0 Å². The summed E-state index contributed by atoms with van der Waals surface area (Å²) in [6, 6.07) is 0.464. The number of nitrogens with one attached hydrogen (secondary N) is 1. The first-order valence-electron chi connectivity index (χ1n) is 7.25. The molecule has 0 radical (unpaired) electrons. The van der Waals surface area contributed by atoms with Crippen LogP contribution in [0.15, 0.2) is 0 Å². The minimum Gasteiger partial charge on any atom is -0.342 e. The Hall–Kier alpha value is -0.570. The third kappa shape index (κ3) is 6.06. The van der Waals surface area contributed by atoms with Crippen molar-refractivity contribution in [2.24, 2.45) is 0 Å².